The van der Waals surface area contributed by atoms with Crippen LogP contribution in [-0.2, 0) is 19.6 Å². The van der Waals surface area contributed by atoms with Gasteiger partial charge in [0.15, 0.2) is 0 Å². The Morgan fingerprint density at radius 1 is 0.853 bits per heavy atom. The number of ether oxygens (including phenoxy) is 1. The summed E-state index contributed by atoms with van der Waals surface area (Å²) in [6.07, 6.45) is 1.92. The molecule has 3 aromatic rings. The van der Waals surface area contributed by atoms with Crippen molar-refractivity contribution < 1.29 is 4.74 Å². The summed E-state index contributed by atoms with van der Waals surface area (Å²) in [5, 5.41) is 0. The lowest BCUT2D eigenvalue weighted by atomic mass is 10.1. The standard InChI is InChI=1S/C28H37N5O/c1-30(2)22-25-19-27(11-12-29-25)33(21-24-8-6-10-28(18-24)34-4)20-23-7-5-9-26(17-23)32-15-13-31(3)14-16-32/h5-12,17-19H,13-16,20-22H2,1-4H3. The summed E-state index contributed by atoms with van der Waals surface area (Å²) in [6, 6.07) is 21.7. The van der Waals surface area contributed by atoms with E-state index in [-0.39, 0.29) is 0 Å². The molecule has 1 aliphatic heterocycles. The molecule has 2 aromatic carbocycles. The average Bonchev–Trinajstić information content (AvgIpc) is 2.84. The molecular formula is C28H37N5O. The second-order valence-electron chi connectivity index (χ2n) is 9.41. The number of piperazine rings is 1. The third-order valence-corrected chi connectivity index (χ3v) is 6.30. The van der Waals surface area contributed by atoms with Gasteiger partial charge in [-0.1, -0.05) is 24.3 Å². The third kappa shape index (κ3) is 6.49. The van der Waals surface area contributed by atoms with Crippen LogP contribution in [0.4, 0.5) is 11.4 Å². The zero-order chi connectivity index (χ0) is 23.9. The van der Waals surface area contributed by atoms with Crippen LogP contribution in [-0.4, -0.2) is 69.2 Å². The smallest absolute Gasteiger partial charge is 0.119 e. The minimum Gasteiger partial charge on any atom is -0.497 e. The van der Waals surface area contributed by atoms with Crippen molar-refractivity contribution in [2.24, 2.45) is 0 Å². The van der Waals surface area contributed by atoms with Gasteiger partial charge in [-0.25, -0.2) is 0 Å². The number of aromatic nitrogens is 1. The molecule has 0 bridgehead atoms. The van der Waals surface area contributed by atoms with Gasteiger partial charge in [0.25, 0.3) is 0 Å². The van der Waals surface area contributed by atoms with Gasteiger partial charge in [0.2, 0.25) is 0 Å². The summed E-state index contributed by atoms with van der Waals surface area (Å²) in [5.41, 5.74) is 6.10. The number of methoxy groups -OCH3 is 1. The summed E-state index contributed by atoms with van der Waals surface area (Å²) >= 11 is 0. The molecule has 6 nitrogen and oxygen atoms in total. The first-order chi connectivity index (χ1) is 16.5. The first-order valence-corrected chi connectivity index (χ1v) is 12.0. The maximum atomic E-state index is 5.47. The first kappa shape index (κ1) is 24.0. The number of benzene rings is 2. The van der Waals surface area contributed by atoms with E-state index in [1.54, 1.807) is 7.11 Å². The van der Waals surface area contributed by atoms with Crippen molar-refractivity contribution in [2.45, 2.75) is 19.6 Å². The van der Waals surface area contributed by atoms with E-state index in [1.807, 2.05) is 12.3 Å². The van der Waals surface area contributed by atoms with Crippen LogP contribution in [0.5, 0.6) is 5.75 Å². The molecule has 1 saturated heterocycles. The van der Waals surface area contributed by atoms with Crippen molar-refractivity contribution in [1.29, 1.82) is 0 Å². The van der Waals surface area contributed by atoms with Gasteiger partial charge >= 0.3 is 0 Å². The molecule has 0 aliphatic carbocycles. The van der Waals surface area contributed by atoms with E-state index in [0.717, 1.165) is 57.3 Å². The molecule has 4 rings (SSSR count). The van der Waals surface area contributed by atoms with Crippen LogP contribution in [0.3, 0.4) is 0 Å². The maximum Gasteiger partial charge on any atom is 0.119 e. The van der Waals surface area contributed by atoms with Crippen LogP contribution in [0, 0.1) is 0 Å². The summed E-state index contributed by atoms with van der Waals surface area (Å²) in [4.78, 5) is 14.1. The highest BCUT2D eigenvalue weighted by atomic mass is 16.5. The zero-order valence-corrected chi connectivity index (χ0v) is 20.9. The van der Waals surface area contributed by atoms with E-state index in [0.29, 0.717) is 0 Å². The molecule has 0 N–H and O–H groups in total. The first-order valence-electron chi connectivity index (χ1n) is 12.0. The van der Waals surface area contributed by atoms with E-state index in [9.17, 15) is 0 Å². The fourth-order valence-electron chi connectivity index (χ4n) is 4.44. The van der Waals surface area contributed by atoms with E-state index >= 15 is 0 Å². The lowest BCUT2D eigenvalue weighted by Crippen LogP contribution is -2.44. The summed E-state index contributed by atoms with van der Waals surface area (Å²) in [7, 11) is 8.07. The predicted octanol–water partition coefficient (Wildman–Crippen LogP) is 4.11. The number of hydrogen-bond acceptors (Lipinski definition) is 6. The van der Waals surface area contributed by atoms with Gasteiger partial charge in [-0.05, 0) is 68.7 Å². The molecule has 0 amide bonds. The lowest BCUT2D eigenvalue weighted by molar-refractivity contribution is 0.313. The van der Waals surface area contributed by atoms with Crippen LogP contribution in [0.2, 0.25) is 0 Å². The Labute approximate surface area is 204 Å². The summed E-state index contributed by atoms with van der Waals surface area (Å²) in [6.45, 7) is 6.80. The quantitative estimate of drug-likeness (QED) is 0.479. The second kappa shape index (κ2) is 11.4. The van der Waals surface area contributed by atoms with Gasteiger partial charge in [0.1, 0.15) is 5.75 Å². The van der Waals surface area contributed by atoms with Crippen molar-refractivity contribution in [2.75, 3.05) is 64.2 Å². The SMILES string of the molecule is COc1cccc(CN(Cc2cccc(N3CCN(C)CC3)c2)c2ccnc(CN(C)C)c2)c1. The molecule has 0 atom stereocenters. The highest BCUT2D eigenvalue weighted by Crippen LogP contribution is 2.25. The predicted molar refractivity (Wildman–Crippen MR) is 141 cm³/mol. The van der Waals surface area contributed by atoms with Gasteiger partial charge in [0.05, 0.1) is 12.8 Å². The molecular weight excluding hydrogens is 422 g/mol. The normalized spacial score (nSPS) is 14.4. The number of pyridine rings is 1. The van der Waals surface area contributed by atoms with E-state index < -0.39 is 0 Å². The van der Waals surface area contributed by atoms with Crippen LogP contribution in [0.15, 0.2) is 66.9 Å². The van der Waals surface area contributed by atoms with Gasteiger partial charge in [0, 0.05) is 63.4 Å². The highest BCUT2D eigenvalue weighted by Gasteiger charge is 2.16. The number of anilines is 2. The van der Waals surface area contributed by atoms with E-state index in [4.69, 9.17) is 4.74 Å². The average molecular weight is 460 g/mol. The van der Waals surface area contributed by atoms with Crippen molar-refractivity contribution in [1.82, 2.24) is 14.8 Å². The highest BCUT2D eigenvalue weighted by molar-refractivity contribution is 5.52. The Hall–Kier alpha value is -3.09. The second-order valence-corrected chi connectivity index (χ2v) is 9.41. The topological polar surface area (TPSA) is 35.1 Å². The largest absolute Gasteiger partial charge is 0.497 e. The summed E-state index contributed by atoms with van der Waals surface area (Å²) < 4.78 is 5.47. The van der Waals surface area contributed by atoms with Crippen molar-refractivity contribution >= 4 is 11.4 Å². The van der Waals surface area contributed by atoms with Crippen molar-refractivity contribution in [3.8, 4) is 5.75 Å². The van der Waals surface area contributed by atoms with Crippen LogP contribution < -0.4 is 14.5 Å². The summed E-state index contributed by atoms with van der Waals surface area (Å²) in [5.74, 6) is 0.887. The molecule has 2 heterocycles. The van der Waals surface area contributed by atoms with Gasteiger partial charge in [-0.3, -0.25) is 4.98 Å². The number of hydrogen-bond donors (Lipinski definition) is 0. The molecule has 1 aliphatic rings. The molecule has 0 radical (unpaired) electrons. The number of rotatable bonds is 9. The molecule has 1 aromatic heterocycles. The lowest BCUT2D eigenvalue weighted by Gasteiger charge is -2.34. The molecule has 0 unspecified atom stereocenters. The fraction of sp³-hybridized carbons (Fsp3) is 0.393. The third-order valence-electron chi connectivity index (χ3n) is 6.30. The van der Waals surface area contributed by atoms with Crippen LogP contribution in [0.25, 0.3) is 0 Å². The maximum absolute atomic E-state index is 5.47. The number of nitrogens with zero attached hydrogens (tertiary/aromatic N) is 5. The Bertz CT molecular complexity index is 1060. The van der Waals surface area contributed by atoms with E-state index in [1.165, 1.54) is 22.5 Å². The number of likely N-dealkylation sites (N-methyl/N-ethyl adjacent to an activating group) is 1. The minimum absolute atomic E-state index is 0.793. The van der Waals surface area contributed by atoms with Crippen molar-refractivity contribution in [3.05, 3.63) is 83.7 Å². The van der Waals surface area contributed by atoms with Gasteiger partial charge in [-0.2, -0.15) is 0 Å². The molecule has 34 heavy (non-hydrogen) atoms. The van der Waals surface area contributed by atoms with Gasteiger partial charge in [-0.15, -0.1) is 0 Å². The minimum atomic E-state index is 0.793. The van der Waals surface area contributed by atoms with Crippen molar-refractivity contribution in [3.63, 3.8) is 0 Å². The fourth-order valence-corrected chi connectivity index (χ4v) is 4.44. The molecule has 180 valence electrons. The van der Waals surface area contributed by atoms with Crippen LogP contribution >= 0.6 is 0 Å². The molecule has 1 fully saturated rings. The zero-order valence-electron chi connectivity index (χ0n) is 20.9. The molecule has 0 saturated carbocycles. The van der Waals surface area contributed by atoms with Crippen LogP contribution in [0.1, 0.15) is 16.8 Å². The van der Waals surface area contributed by atoms with E-state index in [2.05, 4.69) is 100 Å². The Balaban J connectivity index is 1.60. The Kier molecular flexibility index (Phi) is 8.03. The van der Waals surface area contributed by atoms with Gasteiger partial charge < -0.3 is 24.3 Å². The molecule has 6 heteroatoms. The Morgan fingerprint density at radius 3 is 2.26 bits per heavy atom. The monoisotopic (exact) mass is 459 g/mol. The molecule has 0 spiro atoms. The Morgan fingerprint density at radius 2 is 1.56 bits per heavy atom.